The highest BCUT2D eigenvalue weighted by atomic mass is 31.2. The highest BCUT2D eigenvalue weighted by Gasteiger charge is 2.55. The van der Waals surface area contributed by atoms with Gasteiger partial charge in [-0.1, -0.05) is 127 Å². The molecule has 42 heavy (non-hydrogen) atoms. The molecule has 0 saturated heterocycles. The van der Waals surface area contributed by atoms with Gasteiger partial charge in [0.15, 0.2) is 12.1 Å². The summed E-state index contributed by atoms with van der Waals surface area (Å²) in [5.41, 5.74) is 1.41. The first-order chi connectivity index (χ1) is 20.5. The van der Waals surface area contributed by atoms with Crippen LogP contribution in [0.25, 0.3) is 0 Å². The molecule has 0 fully saturated rings. The highest BCUT2D eigenvalue weighted by molar-refractivity contribution is 7.77. The zero-order valence-electron chi connectivity index (χ0n) is 23.2. The summed E-state index contributed by atoms with van der Waals surface area (Å²) in [6.45, 7) is 1.93. The van der Waals surface area contributed by atoms with Crippen LogP contribution in [0.5, 0.6) is 0 Å². The number of aliphatic imine (C=N–C) groups is 1. The van der Waals surface area contributed by atoms with Crippen LogP contribution in [0, 0.1) is 0 Å². The minimum Gasteiger partial charge on any atom is -0.451 e. The summed E-state index contributed by atoms with van der Waals surface area (Å²) < 4.78 is 23.6. The fourth-order valence-corrected chi connectivity index (χ4v) is 8.63. The highest BCUT2D eigenvalue weighted by Crippen LogP contribution is 2.56. The zero-order valence-corrected chi connectivity index (χ0v) is 24.1. The molecular formula is C36H31N2O3P. The van der Waals surface area contributed by atoms with E-state index in [1.165, 1.54) is 0 Å². The maximum absolute atomic E-state index is 15.5. The molecule has 2 atom stereocenters. The average Bonchev–Trinajstić information content (AvgIpc) is 3.43. The van der Waals surface area contributed by atoms with Crippen LogP contribution in [-0.4, -0.2) is 23.0 Å². The number of esters is 1. The average molecular weight is 571 g/mol. The Bertz CT molecular complexity index is 1630. The predicted molar refractivity (Wildman–Crippen MR) is 168 cm³/mol. The molecule has 0 radical (unpaired) electrons. The van der Waals surface area contributed by atoms with E-state index in [9.17, 15) is 4.79 Å². The second-order valence-corrected chi connectivity index (χ2v) is 13.0. The van der Waals surface area contributed by atoms with Crippen molar-refractivity contribution in [2.45, 2.75) is 24.6 Å². The van der Waals surface area contributed by atoms with Crippen molar-refractivity contribution in [3.8, 4) is 0 Å². The molecule has 0 spiro atoms. The molecule has 0 amide bonds. The van der Waals surface area contributed by atoms with Gasteiger partial charge in [-0.05, 0) is 47.9 Å². The summed E-state index contributed by atoms with van der Waals surface area (Å²) in [5, 5.41) is 1.32. The van der Waals surface area contributed by atoms with Gasteiger partial charge in [0, 0.05) is 10.6 Å². The Morgan fingerprint density at radius 1 is 0.690 bits per heavy atom. The van der Waals surface area contributed by atoms with Crippen LogP contribution in [0.4, 0.5) is 0 Å². The minimum absolute atomic E-state index is 0.495. The maximum Gasteiger partial charge on any atom is 0.334 e. The molecule has 0 aliphatic carbocycles. The summed E-state index contributed by atoms with van der Waals surface area (Å²) in [7, 11) is -3.51. The lowest BCUT2D eigenvalue weighted by atomic mass is 9.85. The Hall–Kier alpha value is -4.73. The van der Waals surface area contributed by atoms with E-state index in [2.05, 4.69) is 0 Å². The van der Waals surface area contributed by atoms with Crippen LogP contribution >= 0.6 is 7.29 Å². The molecule has 0 unspecified atom stereocenters. The first-order valence-electron chi connectivity index (χ1n) is 13.9. The van der Waals surface area contributed by atoms with Gasteiger partial charge in [0.05, 0.1) is 6.34 Å². The first kappa shape index (κ1) is 27.4. The third-order valence-corrected chi connectivity index (χ3v) is 11.0. The van der Waals surface area contributed by atoms with Crippen molar-refractivity contribution < 1.29 is 14.1 Å². The van der Waals surface area contributed by atoms with Gasteiger partial charge in [-0.25, -0.2) is 4.79 Å². The van der Waals surface area contributed by atoms with Crippen LogP contribution in [0.2, 0.25) is 0 Å². The lowest BCUT2D eigenvalue weighted by molar-refractivity contribution is -0.151. The SMILES string of the molecule is C[C@]1(c2ccccc2)[C@H](C(=O)OC(c2ccccc2)c2ccccc2)N=CN1P(=O)(c1ccccc1)c1ccccc1. The molecule has 0 saturated carbocycles. The minimum atomic E-state index is -3.51. The van der Waals surface area contributed by atoms with Crippen LogP contribution in [0.15, 0.2) is 157 Å². The Balaban J connectivity index is 1.46. The fourth-order valence-electron chi connectivity index (χ4n) is 5.66. The molecule has 1 heterocycles. The first-order valence-corrected chi connectivity index (χ1v) is 15.6. The summed E-state index contributed by atoms with van der Waals surface area (Å²) in [5.74, 6) is -0.495. The molecule has 6 heteroatoms. The zero-order chi connectivity index (χ0) is 29.0. The quantitative estimate of drug-likeness (QED) is 0.151. The largest absolute Gasteiger partial charge is 0.451 e. The fraction of sp³-hybridized carbons (Fsp3) is 0.111. The number of nitrogens with zero attached hydrogens (tertiary/aromatic N) is 2. The monoisotopic (exact) mass is 570 g/mol. The molecular weight excluding hydrogens is 539 g/mol. The van der Waals surface area contributed by atoms with Gasteiger partial charge in [0.25, 0.3) is 0 Å². The van der Waals surface area contributed by atoms with Gasteiger partial charge in [0.1, 0.15) is 5.54 Å². The molecule has 1 aliphatic rings. The second-order valence-electron chi connectivity index (χ2n) is 10.4. The number of benzene rings is 5. The van der Waals surface area contributed by atoms with Crippen molar-refractivity contribution >= 4 is 30.2 Å². The Labute approximate surface area is 246 Å². The Morgan fingerprint density at radius 2 is 1.10 bits per heavy atom. The third-order valence-electron chi connectivity index (χ3n) is 7.87. The number of hydrogen-bond acceptors (Lipinski definition) is 4. The molecule has 6 rings (SSSR count). The van der Waals surface area contributed by atoms with E-state index < -0.39 is 30.9 Å². The molecule has 1 aliphatic heterocycles. The van der Waals surface area contributed by atoms with Crippen LogP contribution in [0.3, 0.4) is 0 Å². The van der Waals surface area contributed by atoms with E-state index in [0.717, 1.165) is 16.7 Å². The summed E-state index contributed by atoms with van der Waals surface area (Å²) in [6, 6.07) is 46.9. The number of rotatable bonds is 8. The smallest absolute Gasteiger partial charge is 0.334 e. The number of carbonyl (C=O) groups excluding carboxylic acids is 1. The molecule has 208 valence electrons. The van der Waals surface area contributed by atoms with Crippen molar-refractivity contribution in [1.82, 2.24) is 4.67 Å². The Kier molecular flexibility index (Phi) is 7.60. The normalized spacial score (nSPS) is 18.2. The lowest BCUT2D eigenvalue weighted by Gasteiger charge is -2.43. The van der Waals surface area contributed by atoms with Crippen molar-refractivity contribution in [1.29, 1.82) is 0 Å². The van der Waals surface area contributed by atoms with Crippen molar-refractivity contribution in [3.63, 3.8) is 0 Å². The van der Waals surface area contributed by atoms with Crippen molar-refractivity contribution in [2.24, 2.45) is 4.99 Å². The van der Waals surface area contributed by atoms with E-state index in [4.69, 9.17) is 9.73 Å². The standard InChI is InChI=1S/C36H31N2O3P/c1-36(30-21-11-4-12-22-30)34(35(39)41-33(28-17-7-2-8-18-28)29-19-9-3-10-20-29)37-27-38(36)42(40,31-23-13-5-14-24-31)32-25-15-6-16-26-32/h2-27,33-34H,1H3/t34-,36-/m0/s1. The van der Waals surface area contributed by atoms with E-state index >= 15 is 4.57 Å². The van der Waals surface area contributed by atoms with Gasteiger partial charge >= 0.3 is 5.97 Å². The summed E-state index contributed by atoms with van der Waals surface area (Å²) in [6.07, 6.45) is 0.957. The molecule has 5 aromatic rings. The molecule has 0 N–H and O–H groups in total. The van der Waals surface area contributed by atoms with E-state index in [0.29, 0.717) is 10.6 Å². The van der Waals surface area contributed by atoms with E-state index in [-0.39, 0.29) is 0 Å². The maximum atomic E-state index is 15.5. The molecule has 5 aromatic carbocycles. The van der Waals surface area contributed by atoms with Crippen LogP contribution in [0.1, 0.15) is 29.7 Å². The third kappa shape index (κ3) is 4.87. The van der Waals surface area contributed by atoms with Gasteiger partial charge in [-0.15, -0.1) is 0 Å². The molecule has 5 nitrogen and oxygen atoms in total. The lowest BCUT2D eigenvalue weighted by Crippen LogP contribution is -2.50. The van der Waals surface area contributed by atoms with E-state index in [1.54, 1.807) is 11.0 Å². The van der Waals surface area contributed by atoms with Gasteiger partial charge < -0.3 is 4.74 Å². The van der Waals surface area contributed by atoms with Crippen LogP contribution in [-0.2, 0) is 19.6 Å². The van der Waals surface area contributed by atoms with E-state index in [1.807, 2.05) is 159 Å². The van der Waals surface area contributed by atoms with Crippen molar-refractivity contribution in [3.05, 3.63) is 168 Å². The Morgan fingerprint density at radius 3 is 1.55 bits per heavy atom. The van der Waals surface area contributed by atoms with Crippen LogP contribution < -0.4 is 10.6 Å². The second kappa shape index (κ2) is 11.6. The van der Waals surface area contributed by atoms with Gasteiger partial charge in [0.2, 0.25) is 7.29 Å². The summed E-state index contributed by atoms with van der Waals surface area (Å²) in [4.78, 5) is 19.0. The molecule has 0 aromatic heterocycles. The predicted octanol–water partition coefficient (Wildman–Crippen LogP) is 6.88. The number of hydrogen-bond donors (Lipinski definition) is 0. The number of carbonyl (C=O) groups is 1. The molecule has 0 bridgehead atoms. The topological polar surface area (TPSA) is 59.0 Å². The van der Waals surface area contributed by atoms with Crippen molar-refractivity contribution in [2.75, 3.05) is 0 Å². The summed E-state index contributed by atoms with van der Waals surface area (Å²) >= 11 is 0. The van der Waals surface area contributed by atoms with Gasteiger partial charge in [-0.3, -0.25) is 14.2 Å². The van der Waals surface area contributed by atoms with Gasteiger partial charge in [-0.2, -0.15) is 0 Å². The number of ether oxygens (including phenoxy) is 1.